The van der Waals surface area contributed by atoms with E-state index in [4.69, 9.17) is 0 Å². The minimum absolute atomic E-state index is 0.221. The highest BCUT2D eigenvalue weighted by Crippen LogP contribution is 2.13. The number of carbonyl (C=O) groups excluding carboxylic acids is 2. The lowest BCUT2D eigenvalue weighted by molar-refractivity contribution is -0.117. The first-order valence-corrected chi connectivity index (χ1v) is 9.45. The van der Waals surface area contributed by atoms with Crippen LogP contribution in [0.1, 0.15) is 26.4 Å². The van der Waals surface area contributed by atoms with E-state index < -0.39 is 0 Å². The van der Waals surface area contributed by atoms with E-state index in [1.165, 1.54) is 11.3 Å². The summed E-state index contributed by atoms with van der Waals surface area (Å²) < 4.78 is 0. The van der Waals surface area contributed by atoms with Crippen molar-refractivity contribution in [3.05, 3.63) is 99.4 Å². The number of hydrogen-bond acceptors (Lipinski definition) is 3. The number of carbonyl (C=O) groups is 2. The predicted octanol–water partition coefficient (Wildman–Crippen LogP) is 4.14. The summed E-state index contributed by atoms with van der Waals surface area (Å²) in [7, 11) is 0. The Bertz CT molecular complexity index is 930. The van der Waals surface area contributed by atoms with Crippen molar-refractivity contribution >= 4 is 29.2 Å². The van der Waals surface area contributed by atoms with Gasteiger partial charge in [0.15, 0.2) is 0 Å². The van der Waals surface area contributed by atoms with Crippen LogP contribution in [0.15, 0.2) is 77.8 Å². The molecule has 2 N–H and O–H groups in total. The van der Waals surface area contributed by atoms with E-state index in [2.05, 4.69) is 10.6 Å². The Kier molecular flexibility index (Phi) is 6.18. The van der Waals surface area contributed by atoms with E-state index in [-0.39, 0.29) is 17.5 Å². The van der Waals surface area contributed by atoms with Gasteiger partial charge >= 0.3 is 0 Å². The summed E-state index contributed by atoms with van der Waals surface area (Å²) in [6, 6.07) is 20.7. The molecule has 3 rings (SSSR count). The van der Waals surface area contributed by atoms with Crippen LogP contribution < -0.4 is 10.6 Å². The van der Waals surface area contributed by atoms with Crippen molar-refractivity contribution in [3.8, 4) is 0 Å². The Morgan fingerprint density at radius 1 is 0.963 bits per heavy atom. The Morgan fingerprint density at radius 2 is 1.70 bits per heavy atom. The van der Waals surface area contributed by atoms with Crippen LogP contribution in [-0.4, -0.2) is 11.8 Å². The summed E-state index contributed by atoms with van der Waals surface area (Å²) in [5.41, 5.74) is 2.79. The smallest absolute Gasteiger partial charge is 0.268 e. The molecular weight excluding hydrogens is 356 g/mol. The zero-order chi connectivity index (χ0) is 19.1. The molecule has 0 atom stereocenters. The molecule has 2 amide bonds. The number of benzene rings is 2. The van der Waals surface area contributed by atoms with Crippen LogP contribution in [0, 0.1) is 6.92 Å². The summed E-state index contributed by atoms with van der Waals surface area (Å²) >= 11 is 1.50. The highest BCUT2D eigenvalue weighted by atomic mass is 32.1. The molecule has 5 heteroatoms. The molecule has 0 aliphatic rings. The highest BCUT2D eigenvalue weighted by molar-refractivity contribution is 7.10. The van der Waals surface area contributed by atoms with Crippen molar-refractivity contribution in [2.45, 2.75) is 13.5 Å². The minimum Gasteiger partial charge on any atom is -0.347 e. The maximum atomic E-state index is 12.7. The molecule has 3 aromatic rings. The molecular formula is C22H20N2O2S. The van der Waals surface area contributed by atoms with E-state index in [1.54, 1.807) is 18.2 Å². The molecule has 0 fully saturated rings. The first-order valence-electron chi connectivity index (χ1n) is 8.57. The quantitative estimate of drug-likeness (QED) is 0.635. The summed E-state index contributed by atoms with van der Waals surface area (Å²) in [6.45, 7) is 2.35. The van der Waals surface area contributed by atoms with Crippen LogP contribution in [-0.2, 0) is 11.3 Å². The van der Waals surface area contributed by atoms with Gasteiger partial charge in [0.2, 0.25) is 0 Å². The lowest BCUT2D eigenvalue weighted by Crippen LogP contribution is -2.34. The van der Waals surface area contributed by atoms with E-state index in [1.807, 2.05) is 66.9 Å². The fourth-order valence-corrected chi connectivity index (χ4v) is 3.10. The summed E-state index contributed by atoms with van der Waals surface area (Å²) in [4.78, 5) is 26.1. The first-order chi connectivity index (χ1) is 13.1. The van der Waals surface area contributed by atoms with Crippen molar-refractivity contribution in [2.24, 2.45) is 0 Å². The first kappa shape index (κ1) is 18.6. The van der Waals surface area contributed by atoms with Gasteiger partial charge in [-0.05, 0) is 42.1 Å². The van der Waals surface area contributed by atoms with Crippen LogP contribution in [0.25, 0.3) is 6.08 Å². The van der Waals surface area contributed by atoms with Gasteiger partial charge in [-0.1, -0.05) is 54.1 Å². The second kappa shape index (κ2) is 8.96. The van der Waals surface area contributed by atoms with Crippen LogP contribution in [0.3, 0.4) is 0 Å². The molecule has 0 saturated carbocycles. The molecule has 0 spiro atoms. The molecule has 0 aliphatic heterocycles. The monoisotopic (exact) mass is 376 g/mol. The van der Waals surface area contributed by atoms with Gasteiger partial charge < -0.3 is 10.6 Å². The molecule has 27 heavy (non-hydrogen) atoms. The van der Waals surface area contributed by atoms with Gasteiger partial charge in [-0.15, -0.1) is 11.3 Å². The molecule has 1 aromatic heterocycles. The molecule has 0 aliphatic carbocycles. The second-order valence-corrected chi connectivity index (χ2v) is 7.04. The fraction of sp³-hybridized carbons (Fsp3) is 0.0909. The number of amides is 2. The van der Waals surface area contributed by atoms with Crippen molar-refractivity contribution in [2.75, 3.05) is 0 Å². The van der Waals surface area contributed by atoms with E-state index in [0.29, 0.717) is 12.1 Å². The Morgan fingerprint density at radius 3 is 2.37 bits per heavy atom. The minimum atomic E-state index is -0.326. The summed E-state index contributed by atoms with van der Waals surface area (Å²) in [6.07, 6.45) is 1.69. The van der Waals surface area contributed by atoms with Crippen LogP contribution in [0.5, 0.6) is 0 Å². The van der Waals surface area contributed by atoms with Crippen molar-refractivity contribution in [3.63, 3.8) is 0 Å². The van der Waals surface area contributed by atoms with E-state index >= 15 is 0 Å². The zero-order valence-electron chi connectivity index (χ0n) is 14.9. The van der Waals surface area contributed by atoms with Gasteiger partial charge in [-0.3, -0.25) is 9.59 Å². The second-order valence-electron chi connectivity index (χ2n) is 6.06. The van der Waals surface area contributed by atoms with E-state index in [0.717, 1.165) is 16.0 Å². The lowest BCUT2D eigenvalue weighted by atomic mass is 10.1. The third kappa shape index (κ3) is 5.39. The topological polar surface area (TPSA) is 58.2 Å². The maximum absolute atomic E-state index is 12.7. The Balaban J connectivity index is 1.75. The van der Waals surface area contributed by atoms with Crippen LogP contribution in [0.2, 0.25) is 0 Å². The van der Waals surface area contributed by atoms with Gasteiger partial charge in [-0.25, -0.2) is 0 Å². The largest absolute Gasteiger partial charge is 0.347 e. The van der Waals surface area contributed by atoms with E-state index in [9.17, 15) is 9.59 Å². The number of rotatable bonds is 6. The number of nitrogens with one attached hydrogen (secondary N) is 2. The molecule has 1 heterocycles. The lowest BCUT2D eigenvalue weighted by Gasteiger charge is -2.11. The zero-order valence-corrected chi connectivity index (χ0v) is 15.8. The third-order valence-electron chi connectivity index (χ3n) is 3.93. The van der Waals surface area contributed by atoms with Crippen LogP contribution >= 0.6 is 11.3 Å². The average molecular weight is 376 g/mol. The number of hydrogen-bond donors (Lipinski definition) is 2. The standard InChI is InChI=1S/C22H20N2O2S/c1-16-9-11-18(12-10-16)21(25)24-20(14-19-8-5-13-27-19)22(26)23-15-17-6-3-2-4-7-17/h2-14H,15H2,1H3,(H,23,26)(H,24,25)/b20-14+. The molecule has 0 unspecified atom stereocenters. The summed E-state index contributed by atoms with van der Waals surface area (Å²) in [5, 5.41) is 7.53. The van der Waals surface area contributed by atoms with Gasteiger partial charge in [-0.2, -0.15) is 0 Å². The molecule has 136 valence electrons. The predicted molar refractivity (Wildman–Crippen MR) is 109 cm³/mol. The van der Waals surface area contributed by atoms with Gasteiger partial charge in [0, 0.05) is 17.0 Å². The molecule has 0 radical (unpaired) electrons. The molecule has 2 aromatic carbocycles. The van der Waals surface area contributed by atoms with Crippen molar-refractivity contribution in [1.82, 2.24) is 10.6 Å². The fourth-order valence-electron chi connectivity index (χ4n) is 2.45. The van der Waals surface area contributed by atoms with Crippen LogP contribution in [0.4, 0.5) is 0 Å². The average Bonchev–Trinajstić information content (AvgIpc) is 3.20. The third-order valence-corrected chi connectivity index (χ3v) is 4.75. The normalized spacial score (nSPS) is 11.1. The molecule has 0 saturated heterocycles. The Labute approximate surface area is 162 Å². The SMILES string of the molecule is Cc1ccc(C(=O)N/C(=C/c2cccs2)C(=O)NCc2ccccc2)cc1. The number of aryl methyl sites for hydroxylation is 1. The van der Waals surface area contributed by atoms with Gasteiger partial charge in [0.25, 0.3) is 11.8 Å². The molecule has 4 nitrogen and oxygen atoms in total. The maximum Gasteiger partial charge on any atom is 0.268 e. The number of thiophene rings is 1. The van der Waals surface area contributed by atoms with Crippen molar-refractivity contribution in [1.29, 1.82) is 0 Å². The Hall–Kier alpha value is -3.18. The van der Waals surface area contributed by atoms with Crippen molar-refractivity contribution < 1.29 is 9.59 Å². The highest BCUT2D eigenvalue weighted by Gasteiger charge is 2.14. The van der Waals surface area contributed by atoms with Gasteiger partial charge in [0.05, 0.1) is 0 Å². The summed E-state index contributed by atoms with van der Waals surface area (Å²) in [5.74, 6) is -0.639. The van der Waals surface area contributed by atoms with Gasteiger partial charge in [0.1, 0.15) is 5.70 Å². The molecule has 0 bridgehead atoms.